The molecule has 1 saturated heterocycles. The van der Waals surface area contributed by atoms with Gasteiger partial charge < -0.3 is 5.32 Å². The van der Waals surface area contributed by atoms with Crippen molar-refractivity contribution in [1.29, 1.82) is 0 Å². The standard InChI is InChI=1S/C13H17NOS/c1-9-10(2-7-16-9)12(15)11-8-13(11)3-5-14-6-4-13/h2,7,11,14H,3-6,8H2,1H3. The molecule has 1 aliphatic heterocycles. The van der Waals surface area contributed by atoms with Crippen LogP contribution in [0, 0.1) is 18.3 Å². The third-order valence-corrected chi connectivity index (χ3v) is 5.08. The molecule has 1 aromatic rings. The monoisotopic (exact) mass is 235 g/mol. The summed E-state index contributed by atoms with van der Waals surface area (Å²) in [5.41, 5.74) is 1.35. The van der Waals surface area contributed by atoms with E-state index in [1.54, 1.807) is 11.3 Å². The molecule has 0 bridgehead atoms. The second-order valence-electron chi connectivity index (χ2n) is 5.12. The van der Waals surface area contributed by atoms with E-state index in [2.05, 4.69) is 12.2 Å². The fourth-order valence-electron chi connectivity index (χ4n) is 3.02. The molecule has 1 unspecified atom stereocenters. The Morgan fingerprint density at radius 2 is 2.25 bits per heavy atom. The van der Waals surface area contributed by atoms with Crippen molar-refractivity contribution in [1.82, 2.24) is 5.32 Å². The first-order valence-corrected chi connectivity index (χ1v) is 6.90. The first-order chi connectivity index (χ1) is 7.73. The van der Waals surface area contributed by atoms with Crippen molar-refractivity contribution in [2.24, 2.45) is 11.3 Å². The Kier molecular flexibility index (Phi) is 2.41. The molecule has 1 atom stereocenters. The van der Waals surface area contributed by atoms with Crippen molar-refractivity contribution in [3.63, 3.8) is 0 Å². The Bertz CT molecular complexity index is 417. The summed E-state index contributed by atoms with van der Waals surface area (Å²) in [4.78, 5) is 13.5. The van der Waals surface area contributed by atoms with Crippen molar-refractivity contribution in [3.05, 3.63) is 21.9 Å². The number of rotatable bonds is 2. The zero-order chi connectivity index (χ0) is 11.2. The minimum atomic E-state index is 0.322. The number of aryl methyl sites for hydroxylation is 1. The first-order valence-electron chi connectivity index (χ1n) is 6.02. The van der Waals surface area contributed by atoms with Gasteiger partial charge in [0.2, 0.25) is 0 Å². The van der Waals surface area contributed by atoms with Crippen LogP contribution < -0.4 is 5.32 Å². The molecule has 1 aromatic heterocycles. The van der Waals surface area contributed by atoms with E-state index < -0.39 is 0 Å². The van der Waals surface area contributed by atoms with Crippen LogP contribution in [-0.2, 0) is 0 Å². The lowest BCUT2D eigenvalue weighted by atomic mass is 9.89. The Morgan fingerprint density at radius 1 is 1.50 bits per heavy atom. The van der Waals surface area contributed by atoms with E-state index in [1.165, 1.54) is 17.7 Å². The third-order valence-electron chi connectivity index (χ3n) is 4.23. The average Bonchev–Trinajstić information content (AvgIpc) is 2.80. The fourth-order valence-corrected chi connectivity index (χ4v) is 3.73. The second-order valence-corrected chi connectivity index (χ2v) is 6.24. The van der Waals surface area contributed by atoms with Crippen LogP contribution in [0.3, 0.4) is 0 Å². The molecule has 2 nitrogen and oxygen atoms in total. The molecule has 86 valence electrons. The van der Waals surface area contributed by atoms with Crippen LogP contribution in [0.1, 0.15) is 34.5 Å². The maximum Gasteiger partial charge on any atom is 0.167 e. The number of carbonyl (C=O) groups is 1. The van der Waals surface area contributed by atoms with Crippen molar-refractivity contribution in [3.8, 4) is 0 Å². The summed E-state index contributed by atoms with van der Waals surface area (Å²) in [7, 11) is 0. The van der Waals surface area contributed by atoms with Gasteiger partial charge in [-0.2, -0.15) is 0 Å². The van der Waals surface area contributed by atoms with Gasteiger partial charge >= 0.3 is 0 Å². The summed E-state index contributed by atoms with van der Waals surface area (Å²) in [5, 5.41) is 5.40. The normalized spacial score (nSPS) is 26.9. The topological polar surface area (TPSA) is 29.1 Å². The van der Waals surface area contributed by atoms with Gasteiger partial charge in [0, 0.05) is 16.4 Å². The van der Waals surface area contributed by atoms with Crippen molar-refractivity contribution in [2.45, 2.75) is 26.2 Å². The smallest absolute Gasteiger partial charge is 0.167 e. The number of carbonyl (C=O) groups excluding carboxylic acids is 1. The van der Waals surface area contributed by atoms with E-state index in [9.17, 15) is 4.79 Å². The highest BCUT2D eigenvalue weighted by Crippen LogP contribution is 2.59. The van der Waals surface area contributed by atoms with E-state index in [0.717, 1.165) is 25.1 Å². The van der Waals surface area contributed by atoms with Gasteiger partial charge in [0.25, 0.3) is 0 Å². The number of piperidine rings is 1. The summed E-state index contributed by atoms with van der Waals surface area (Å²) in [6, 6.07) is 2.00. The van der Waals surface area contributed by atoms with Crippen LogP contribution in [0.2, 0.25) is 0 Å². The highest BCUT2D eigenvalue weighted by Gasteiger charge is 2.57. The molecule has 0 aromatic carbocycles. The molecule has 0 amide bonds. The zero-order valence-electron chi connectivity index (χ0n) is 9.58. The van der Waals surface area contributed by atoms with Gasteiger partial charge in [0.15, 0.2) is 5.78 Å². The van der Waals surface area contributed by atoms with Crippen LogP contribution >= 0.6 is 11.3 Å². The SMILES string of the molecule is Cc1sccc1C(=O)C1CC12CCNCC2. The van der Waals surface area contributed by atoms with Crippen LogP contribution in [0.15, 0.2) is 11.4 Å². The predicted octanol–water partition coefficient (Wildman–Crippen LogP) is 2.63. The number of nitrogens with one attached hydrogen (secondary N) is 1. The Balaban J connectivity index is 1.77. The van der Waals surface area contributed by atoms with Gasteiger partial charge in [0.1, 0.15) is 0 Å². The quantitative estimate of drug-likeness (QED) is 0.798. The Morgan fingerprint density at radius 3 is 2.88 bits per heavy atom. The molecular formula is C13H17NOS. The van der Waals surface area contributed by atoms with E-state index >= 15 is 0 Å². The molecule has 1 N–H and O–H groups in total. The number of hydrogen-bond acceptors (Lipinski definition) is 3. The van der Waals surface area contributed by atoms with Gasteiger partial charge in [-0.15, -0.1) is 11.3 Å². The maximum atomic E-state index is 12.3. The summed E-state index contributed by atoms with van der Waals surface area (Å²) >= 11 is 1.68. The number of hydrogen-bond donors (Lipinski definition) is 1. The van der Waals surface area contributed by atoms with Crippen LogP contribution in [0.4, 0.5) is 0 Å². The summed E-state index contributed by atoms with van der Waals surface area (Å²) in [5.74, 6) is 0.726. The van der Waals surface area contributed by atoms with Crippen molar-refractivity contribution in [2.75, 3.05) is 13.1 Å². The van der Waals surface area contributed by atoms with Crippen molar-refractivity contribution < 1.29 is 4.79 Å². The Hall–Kier alpha value is -0.670. The van der Waals surface area contributed by atoms with Crippen LogP contribution in [0.25, 0.3) is 0 Å². The summed E-state index contributed by atoms with van der Waals surface area (Å²) < 4.78 is 0. The number of thiophene rings is 1. The molecule has 16 heavy (non-hydrogen) atoms. The summed E-state index contributed by atoms with van der Waals surface area (Å²) in [6.07, 6.45) is 3.50. The molecule has 3 heteroatoms. The van der Waals surface area contributed by atoms with Gasteiger partial charge in [-0.25, -0.2) is 0 Å². The zero-order valence-corrected chi connectivity index (χ0v) is 10.4. The van der Waals surface area contributed by atoms with Gasteiger partial charge in [-0.3, -0.25) is 4.79 Å². The Labute approximate surface area is 100 Å². The van der Waals surface area contributed by atoms with Crippen LogP contribution in [-0.4, -0.2) is 18.9 Å². The van der Waals surface area contributed by atoms with E-state index in [1.807, 2.05) is 11.4 Å². The van der Waals surface area contributed by atoms with Gasteiger partial charge in [-0.1, -0.05) is 0 Å². The number of ketones is 1. The highest BCUT2D eigenvalue weighted by atomic mass is 32.1. The average molecular weight is 235 g/mol. The largest absolute Gasteiger partial charge is 0.317 e. The van der Waals surface area contributed by atoms with E-state index in [-0.39, 0.29) is 0 Å². The van der Waals surface area contributed by atoms with Gasteiger partial charge in [0.05, 0.1) is 0 Å². The molecule has 3 rings (SSSR count). The number of Topliss-reactive ketones (excluding diaryl/α,β-unsaturated/α-hetero) is 1. The van der Waals surface area contributed by atoms with Crippen molar-refractivity contribution >= 4 is 17.1 Å². The molecule has 2 fully saturated rings. The lowest BCUT2D eigenvalue weighted by molar-refractivity contribution is 0.0940. The molecule has 2 aliphatic rings. The van der Waals surface area contributed by atoms with Crippen LogP contribution in [0.5, 0.6) is 0 Å². The maximum absolute atomic E-state index is 12.3. The minimum Gasteiger partial charge on any atom is -0.317 e. The first kappa shape index (κ1) is 10.5. The highest BCUT2D eigenvalue weighted by molar-refractivity contribution is 7.10. The van der Waals surface area contributed by atoms with E-state index in [0.29, 0.717) is 17.1 Å². The second kappa shape index (κ2) is 3.67. The minimum absolute atomic E-state index is 0.322. The molecule has 1 saturated carbocycles. The molecule has 0 radical (unpaired) electrons. The predicted molar refractivity (Wildman–Crippen MR) is 66.0 cm³/mol. The summed E-state index contributed by atoms with van der Waals surface area (Å²) in [6.45, 7) is 4.23. The molecule has 1 aliphatic carbocycles. The fraction of sp³-hybridized carbons (Fsp3) is 0.615. The molecule has 2 heterocycles. The molecular weight excluding hydrogens is 218 g/mol. The third kappa shape index (κ3) is 1.54. The lowest BCUT2D eigenvalue weighted by Crippen LogP contribution is -2.30. The van der Waals surface area contributed by atoms with E-state index in [4.69, 9.17) is 0 Å². The lowest BCUT2D eigenvalue weighted by Gasteiger charge is -2.23. The van der Waals surface area contributed by atoms with Gasteiger partial charge in [-0.05, 0) is 56.1 Å². The molecule has 1 spiro atoms.